The zero-order valence-electron chi connectivity index (χ0n) is 11.3. The van der Waals surface area contributed by atoms with Gasteiger partial charge in [-0.25, -0.2) is 0 Å². The Morgan fingerprint density at radius 2 is 1.94 bits per heavy atom. The van der Waals surface area contributed by atoms with Crippen molar-refractivity contribution in [2.24, 2.45) is 5.41 Å². The van der Waals surface area contributed by atoms with Gasteiger partial charge in [-0.15, -0.1) is 0 Å². The van der Waals surface area contributed by atoms with Crippen molar-refractivity contribution in [3.63, 3.8) is 0 Å². The first-order valence-electron chi connectivity index (χ1n) is 7.04. The highest BCUT2D eigenvalue weighted by molar-refractivity contribution is 5.38. The Kier molecular flexibility index (Phi) is 2.86. The van der Waals surface area contributed by atoms with E-state index in [-0.39, 0.29) is 17.6 Å². The van der Waals surface area contributed by atoms with Gasteiger partial charge in [0.15, 0.2) is 0 Å². The third kappa shape index (κ3) is 1.66. The Morgan fingerprint density at radius 3 is 2.61 bits per heavy atom. The second-order valence-corrected chi connectivity index (χ2v) is 6.00. The molecule has 2 aliphatic carbocycles. The molecule has 2 atom stereocenters. The van der Waals surface area contributed by atoms with Gasteiger partial charge in [0, 0.05) is 11.8 Å². The Labute approximate surface area is 109 Å². The van der Waals surface area contributed by atoms with E-state index in [1.807, 2.05) is 6.07 Å². The largest absolute Gasteiger partial charge is 0.489 e. The molecule has 0 bridgehead atoms. The monoisotopic (exact) mass is 246 g/mol. The number of ether oxygens (including phenoxy) is 1. The molecule has 1 spiro atoms. The van der Waals surface area contributed by atoms with Gasteiger partial charge in [-0.1, -0.05) is 25.0 Å². The average Bonchev–Trinajstić information content (AvgIpc) is 2.86. The van der Waals surface area contributed by atoms with E-state index in [2.05, 4.69) is 26.0 Å². The molecule has 1 aromatic rings. The number of aryl methyl sites for hydroxylation is 1. The van der Waals surface area contributed by atoms with Crippen LogP contribution in [0.3, 0.4) is 0 Å². The van der Waals surface area contributed by atoms with E-state index in [9.17, 15) is 5.11 Å². The zero-order valence-corrected chi connectivity index (χ0v) is 11.3. The smallest absolute Gasteiger partial charge is 0.122 e. The lowest BCUT2D eigenvalue weighted by atomic mass is 9.62. The summed E-state index contributed by atoms with van der Waals surface area (Å²) in [4.78, 5) is 0. The first-order chi connectivity index (χ1) is 8.63. The highest BCUT2D eigenvalue weighted by atomic mass is 16.5. The zero-order chi connectivity index (χ0) is 12.8. The molecule has 3 rings (SSSR count). The van der Waals surface area contributed by atoms with Crippen LogP contribution in [0.1, 0.15) is 43.2 Å². The maximum atomic E-state index is 10.1. The number of hydrogen-bond donors (Lipinski definition) is 1. The van der Waals surface area contributed by atoms with E-state index in [1.165, 1.54) is 24.0 Å². The third-order valence-electron chi connectivity index (χ3n) is 5.10. The van der Waals surface area contributed by atoms with Crippen LogP contribution in [0.4, 0.5) is 0 Å². The van der Waals surface area contributed by atoms with Crippen LogP contribution in [0, 0.1) is 19.3 Å². The van der Waals surface area contributed by atoms with Gasteiger partial charge in [0.25, 0.3) is 0 Å². The van der Waals surface area contributed by atoms with E-state index in [0.29, 0.717) is 0 Å². The molecule has 2 unspecified atom stereocenters. The van der Waals surface area contributed by atoms with Gasteiger partial charge in [-0.3, -0.25) is 0 Å². The average molecular weight is 246 g/mol. The summed E-state index contributed by atoms with van der Waals surface area (Å²) in [5, 5.41) is 10.1. The van der Waals surface area contributed by atoms with Gasteiger partial charge in [0.05, 0.1) is 6.10 Å². The molecule has 0 aliphatic heterocycles. The lowest BCUT2D eigenvalue weighted by molar-refractivity contribution is -0.152. The van der Waals surface area contributed by atoms with Crippen LogP contribution in [-0.4, -0.2) is 17.3 Å². The van der Waals surface area contributed by atoms with Crippen LogP contribution < -0.4 is 4.74 Å². The Morgan fingerprint density at radius 1 is 1.22 bits per heavy atom. The highest BCUT2D eigenvalue weighted by Crippen LogP contribution is 2.54. The molecule has 0 radical (unpaired) electrons. The van der Waals surface area contributed by atoms with Crippen molar-refractivity contribution >= 4 is 0 Å². The summed E-state index contributed by atoms with van der Waals surface area (Å²) in [7, 11) is 0. The second kappa shape index (κ2) is 4.27. The molecule has 0 aromatic heterocycles. The molecule has 0 saturated heterocycles. The van der Waals surface area contributed by atoms with Gasteiger partial charge >= 0.3 is 0 Å². The molecule has 2 saturated carbocycles. The Hall–Kier alpha value is -1.02. The van der Waals surface area contributed by atoms with Crippen molar-refractivity contribution in [3.8, 4) is 5.75 Å². The van der Waals surface area contributed by atoms with Crippen molar-refractivity contribution in [2.75, 3.05) is 0 Å². The minimum absolute atomic E-state index is 0.0657. The summed E-state index contributed by atoms with van der Waals surface area (Å²) < 4.78 is 6.21. The molecular weight excluding hydrogens is 224 g/mol. The van der Waals surface area contributed by atoms with Crippen LogP contribution in [0.2, 0.25) is 0 Å². The van der Waals surface area contributed by atoms with Crippen molar-refractivity contribution in [3.05, 3.63) is 29.3 Å². The molecule has 0 amide bonds. The number of hydrogen-bond acceptors (Lipinski definition) is 2. The Balaban J connectivity index is 1.79. The fourth-order valence-corrected chi connectivity index (χ4v) is 3.59. The lowest BCUT2D eigenvalue weighted by Crippen LogP contribution is -2.58. The van der Waals surface area contributed by atoms with Gasteiger partial charge < -0.3 is 9.84 Å². The van der Waals surface area contributed by atoms with Crippen LogP contribution in [0.15, 0.2) is 18.2 Å². The Bertz CT molecular complexity index is 446. The predicted octanol–water partition coefficient (Wildman–Crippen LogP) is 3.38. The molecule has 0 heterocycles. The molecule has 1 N–H and O–H groups in total. The van der Waals surface area contributed by atoms with E-state index < -0.39 is 0 Å². The van der Waals surface area contributed by atoms with Crippen LogP contribution >= 0.6 is 0 Å². The quantitative estimate of drug-likeness (QED) is 0.867. The maximum absolute atomic E-state index is 10.1. The summed E-state index contributed by atoms with van der Waals surface area (Å²) >= 11 is 0. The fourth-order valence-electron chi connectivity index (χ4n) is 3.59. The normalized spacial score (nSPS) is 29.3. The first kappa shape index (κ1) is 12.0. The van der Waals surface area contributed by atoms with E-state index in [0.717, 1.165) is 25.0 Å². The molecule has 18 heavy (non-hydrogen) atoms. The molecule has 98 valence electrons. The second-order valence-electron chi connectivity index (χ2n) is 6.00. The summed E-state index contributed by atoms with van der Waals surface area (Å²) in [6.07, 6.45) is 5.61. The summed E-state index contributed by atoms with van der Waals surface area (Å²) in [5.74, 6) is 0.998. The summed E-state index contributed by atoms with van der Waals surface area (Å²) in [6.45, 7) is 4.23. The molecule has 2 aliphatic rings. The first-order valence-corrected chi connectivity index (χ1v) is 7.04. The number of rotatable bonds is 2. The van der Waals surface area contributed by atoms with Crippen LogP contribution in [0.5, 0.6) is 5.75 Å². The van der Waals surface area contributed by atoms with Gasteiger partial charge in [0.2, 0.25) is 0 Å². The van der Waals surface area contributed by atoms with Crippen LogP contribution in [0.25, 0.3) is 0 Å². The molecular formula is C16H22O2. The van der Waals surface area contributed by atoms with E-state index in [4.69, 9.17) is 4.74 Å². The number of benzene rings is 1. The predicted molar refractivity (Wildman–Crippen MR) is 71.9 cm³/mol. The van der Waals surface area contributed by atoms with E-state index in [1.54, 1.807) is 0 Å². The minimum Gasteiger partial charge on any atom is -0.489 e. The van der Waals surface area contributed by atoms with Gasteiger partial charge in [-0.05, 0) is 43.9 Å². The summed E-state index contributed by atoms with van der Waals surface area (Å²) in [5.41, 5.74) is 2.57. The van der Waals surface area contributed by atoms with Crippen LogP contribution in [-0.2, 0) is 0 Å². The molecule has 2 nitrogen and oxygen atoms in total. The number of aliphatic hydroxyl groups excluding tert-OH is 1. The molecule has 2 fully saturated rings. The minimum atomic E-state index is -0.143. The molecule has 2 heteroatoms. The van der Waals surface area contributed by atoms with Gasteiger partial charge in [-0.2, -0.15) is 0 Å². The fraction of sp³-hybridized carbons (Fsp3) is 0.625. The SMILES string of the molecule is Cc1cccc(OC2CC(O)C23CCCC3)c1C. The van der Waals surface area contributed by atoms with Crippen molar-refractivity contribution in [2.45, 2.75) is 58.2 Å². The highest BCUT2D eigenvalue weighted by Gasteiger charge is 2.57. The number of aliphatic hydroxyl groups is 1. The van der Waals surface area contributed by atoms with Crippen molar-refractivity contribution in [1.82, 2.24) is 0 Å². The molecule has 1 aromatic carbocycles. The summed E-state index contributed by atoms with van der Waals surface area (Å²) in [6, 6.07) is 6.22. The topological polar surface area (TPSA) is 29.5 Å². The van der Waals surface area contributed by atoms with Gasteiger partial charge in [0.1, 0.15) is 11.9 Å². The lowest BCUT2D eigenvalue weighted by Gasteiger charge is -2.51. The third-order valence-corrected chi connectivity index (χ3v) is 5.10. The van der Waals surface area contributed by atoms with Crippen molar-refractivity contribution in [1.29, 1.82) is 0 Å². The van der Waals surface area contributed by atoms with E-state index >= 15 is 0 Å². The van der Waals surface area contributed by atoms with Crippen molar-refractivity contribution < 1.29 is 9.84 Å². The standard InChI is InChI=1S/C16H22O2/c1-11-6-5-7-13(12(11)2)18-15-10-14(17)16(15)8-3-4-9-16/h5-7,14-15,17H,3-4,8-10H2,1-2H3. The maximum Gasteiger partial charge on any atom is 0.122 e.